The second kappa shape index (κ2) is 6.28. The largest absolute Gasteiger partial charge is 0.379 e. The van der Waals surface area contributed by atoms with Crippen molar-refractivity contribution in [3.05, 3.63) is 33.8 Å². The Bertz CT molecular complexity index is 389. The van der Waals surface area contributed by atoms with Crippen LogP contribution in [0.25, 0.3) is 0 Å². The molecule has 0 aliphatic carbocycles. The van der Waals surface area contributed by atoms with Gasteiger partial charge in [0, 0.05) is 29.7 Å². The third-order valence-corrected chi connectivity index (χ3v) is 3.75. The Morgan fingerprint density at radius 2 is 2.12 bits per heavy atom. The van der Waals surface area contributed by atoms with Crippen molar-refractivity contribution in [2.75, 3.05) is 32.8 Å². The number of benzene rings is 1. The van der Waals surface area contributed by atoms with E-state index in [2.05, 4.69) is 20.8 Å². The fourth-order valence-corrected chi connectivity index (χ4v) is 2.54. The number of carbonyl (C=O) groups excluding carboxylic acids is 1. The molecule has 0 aromatic heterocycles. The second-order valence-corrected chi connectivity index (χ2v) is 5.03. The third kappa shape index (κ3) is 3.63. The molecule has 0 spiro atoms. The maximum Gasteiger partial charge on any atom is 0.150 e. The van der Waals surface area contributed by atoms with Crippen molar-refractivity contribution in [1.82, 2.24) is 4.90 Å². The standard InChI is InChI=1S/C13H16BrNO2/c14-13-9-11(10-16)1-2-12(13)3-4-15-5-7-17-8-6-15/h1-2,9-10H,3-8H2. The highest BCUT2D eigenvalue weighted by Gasteiger charge is 2.10. The molecule has 0 N–H and O–H groups in total. The van der Waals surface area contributed by atoms with Crippen LogP contribution in [-0.4, -0.2) is 44.0 Å². The first-order valence-corrected chi connectivity index (χ1v) is 6.62. The Morgan fingerprint density at radius 3 is 2.76 bits per heavy atom. The molecular weight excluding hydrogens is 282 g/mol. The van der Waals surface area contributed by atoms with Gasteiger partial charge < -0.3 is 4.74 Å². The van der Waals surface area contributed by atoms with E-state index in [1.54, 1.807) is 0 Å². The first-order chi connectivity index (χ1) is 8.29. The number of hydrogen-bond donors (Lipinski definition) is 0. The van der Waals surface area contributed by atoms with Crippen LogP contribution in [0.15, 0.2) is 22.7 Å². The molecule has 1 aliphatic rings. The van der Waals surface area contributed by atoms with Gasteiger partial charge in [0.25, 0.3) is 0 Å². The summed E-state index contributed by atoms with van der Waals surface area (Å²) in [4.78, 5) is 13.0. The van der Waals surface area contributed by atoms with E-state index in [-0.39, 0.29) is 0 Å². The summed E-state index contributed by atoms with van der Waals surface area (Å²) >= 11 is 3.51. The first kappa shape index (κ1) is 12.7. The maximum atomic E-state index is 10.6. The summed E-state index contributed by atoms with van der Waals surface area (Å²) < 4.78 is 6.34. The summed E-state index contributed by atoms with van der Waals surface area (Å²) in [6.07, 6.45) is 1.87. The molecule has 4 heteroatoms. The van der Waals surface area contributed by atoms with Crippen LogP contribution in [0.1, 0.15) is 15.9 Å². The number of ether oxygens (including phenoxy) is 1. The Kier molecular flexibility index (Phi) is 4.71. The van der Waals surface area contributed by atoms with Gasteiger partial charge in [0.1, 0.15) is 6.29 Å². The van der Waals surface area contributed by atoms with Gasteiger partial charge >= 0.3 is 0 Å². The lowest BCUT2D eigenvalue weighted by Gasteiger charge is -2.26. The minimum absolute atomic E-state index is 0.715. The smallest absolute Gasteiger partial charge is 0.150 e. The van der Waals surface area contributed by atoms with Crippen LogP contribution in [0, 0.1) is 0 Å². The van der Waals surface area contributed by atoms with Gasteiger partial charge in [-0.15, -0.1) is 0 Å². The van der Waals surface area contributed by atoms with E-state index in [0.717, 1.165) is 50.0 Å². The highest BCUT2D eigenvalue weighted by molar-refractivity contribution is 9.10. The van der Waals surface area contributed by atoms with Crippen molar-refractivity contribution >= 4 is 22.2 Å². The summed E-state index contributed by atoms with van der Waals surface area (Å²) in [5, 5.41) is 0. The fraction of sp³-hybridized carbons (Fsp3) is 0.462. The number of hydrogen-bond acceptors (Lipinski definition) is 3. The molecule has 0 unspecified atom stereocenters. The van der Waals surface area contributed by atoms with E-state index in [1.807, 2.05) is 18.2 Å². The Morgan fingerprint density at radius 1 is 1.35 bits per heavy atom. The molecule has 2 rings (SSSR count). The van der Waals surface area contributed by atoms with Crippen LogP contribution in [0.4, 0.5) is 0 Å². The van der Waals surface area contributed by atoms with Crippen molar-refractivity contribution < 1.29 is 9.53 Å². The average molecular weight is 298 g/mol. The molecule has 3 nitrogen and oxygen atoms in total. The van der Waals surface area contributed by atoms with E-state index in [0.29, 0.717) is 5.56 Å². The number of nitrogens with zero attached hydrogens (tertiary/aromatic N) is 1. The normalized spacial score (nSPS) is 17.0. The molecule has 1 saturated heterocycles. The number of carbonyl (C=O) groups is 1. The molecule has 1 heterocycles. The second-order valence-electron chi connectivity index (χ2n) is 4.17. The average Bonchev–Trinajstić information content (AvgIpc) is 2.38. The molecule has 0 amide bonds. The molecular formula is C13H16BrNO2. The lowest BCUT2D eigenvalue weighted by molar-refractivity contribution is 0.0384. The van der Waals surface area contributed by atoms with E-state index in [4.69, 9.17) is 4.74 Å². The molecule has 0 radical (unpaired) electrons. The van der Waals surface area contributed by atoms with Crippen molar-refractivity contribution in [2.24, 2.45) is 0 Å². The van der Waals surface area contributed by atoms with E-state index in [9.17, 15) is 4.79 Å². The molecule has 1 fully saturated rings. The molecule has 0 bridgehead atoms. The first-order valence-electron chi connectivity index (χ1n) is 5.83. The van der Waals surface area contributed by atoms with Crippen molar-refractivity contribution in [1.29, 1.82) is 0 Å². The number of halogens is 1. The van der Waals surface area contributed by atoms with Crippen molar-refractivity contribution in [3.63, 3.8) is 0 Å². The van der Waals surface area contributed by atoms with Crippen LogP contribution in [0.5, 0.6) is 0 Å². The minimum Gasteiger partial charge on any atom is -0.379 e. The zero-order valence-electron chi connectivity index (χ0n) is 9.69. The van der Waals surface area contributed by atoms with E-state index < -0.39 is 0 Å². The lowest BCUT2D eigenvalue weighted by Crippen LogP contribution is -2.37. The number of morpholine rings is 1. The lowest BCUT2D eigenvalue weighted by atomic mass is 10.1. The fourth-order valence-electron chi connectivity index (χ4n) is 1.94. The van der Waals surface area contributed by atoms with Gasteiger partial charge in [-0.1, -0.05) is 28.1 Å². The van der Waals surface area contributed by atoms with Crippen LogP contribution >= 0.6 is 15.9 Å². The Hall–Kier alpha value is -0.710. The summed E-state index contributed by atoms with van der Waals surface area (Å²) in [5.41, 5.74) is 1.97. The quantitative estimate of drug-likeness (QED) is 0.798. The van der Waals surface area contributed by atoms with Gasteiger partial charge in [-0.3, -0.25) is 9.69 Å². The molecule has 1 aromatic carbocycles. The predicted octanol–water partition coefficient (Wildman–Crippen LogP) is 2.14. The predicted molar refractivity (Wildman–Crippen MR) is 70.5 cm³/mol. The van der Waals surface area contributed by atoms with Gasteiger partial charge in [-0.25, -0.2) is 0 Å². The summed E-state index contributed by atoms with van der Waals surface area (Å²) in [6.45, 7) is 4.76. The monoisotopic (exact) mass is 297 g/mol. The van der Waals surface area contributed by atoms with Gasteiger partial charge in [-0.2, -0.15) is 0 Å². The maximum absolute atomic E-state index is 10.6. The molecule has 17 heavy (non-hydrogen) atoms. The van der Waals surface area contributed by atoms with Crippen molar-refractivity contribution in [3.8, 4) is 0 Å². The summed E-state index contributed by atoms with van der Waals surface area (Å²) in [6, 6.07) is 5.77. The van der Waals surface area contributed by atoms with Gasteiger partial charge in [-0.05, 0) is 18.1 Å². The van der Waals surface area contributed by atoms with E-state index in [1.165, 1.54) is 5.56 Å². The zero-order chi connectivity index (χ0) is 12.1. The SMILES string of the molecule is O=Cc1ccc(CCN2CCOCC2)c(Br)c1. The molecule has 1 aliphatic heterocycles. The molecule has 0 saturated carbocycles. The van der Waals surface area contributed by atoms with Gasteiger partial charge in [0.15, 0.2) is 0 Å². The van der Waals surface area contributed by atoms with Gasteiger partial charge in [0.05, 0.1) is 13.2 Å². The van der Waals surface area contributed by atoms with Crippen LogP contribution in [0.2, 0.25) is 0 Å². The number of aldehydes is 1. The number of rotatable bonds is 4. The van der Waals surface area contributed by atoms with E-state index >= 15 is 0 Å². The van der Waals surface area contributed by atoms with Crippen LogP contribution < -0.4 is 0 Å². The highest BCUT2D eigenvalue weighted by Crippen LogP contribution is 2.19. The third-order valence-electron chi connectivity index (χ3n) is 3.01. The van der Waals surface area contributed by atoms with Crippen molar-refractivity contribution in [2.45, 2.75) is 6.42 Å². The topological polar surface area (TPSA) is 29.5 Å². The molecule has 0 atom stereocenters. The van der Waals surface area contributed by atoms with Gasteiger partial charge in [0.2, 0.25) is 0 Å². The minimum atomic E-state index is 0.715. The van der Waals surface area contributed by atoms with Crippen LogP contribution in [0.3, 0.4) is 0 Å². The van der Waals surface area contributed by atoms with Crippen LogP contribution in [-0.2, 0) is 11.2 Å². The Balaban J connectivity index is 1.91. The summed E-state index contributed by atoms with van der Waals surface area (Å²) in [5.74, 6) is 0. The Labute approximate surface area is 110 Å². The molecule has 92 valence electrons. The highest BCUT2D eigenvalue weighted by atomic mass is 79.9. The zero-order valence-corrected chi connectivity index (χ0v) is 11.3. The molecule has 1 aromatic rings. The summed E-state index contributed by atoms with van der Waals surface area (Å²) in [7, 11) is 0.